The zero-order valence-corrected chi connectivity index (χ0v) is 19.6. The Morgan fingerprint density at radius 2 is 1.63 bits per heavy atom. The van der Waals surface area contributed by atoms with Crippen LogP contribution in [0.25, 0.3) is 11.0 Å². The molecule has 1 spiro atoms. The van der Waals surface area contributed by atoms with Gasteiger partial charge < -0.3 is 9.67 Å². The lowest BCUT2D eigenvalue weighted by Crippen LogP contribution is -2.37. The van der Waals surface area contributed by atoms with Crippen molar-refractivity contribution < 1.29 is 9.90 Å². The Kier molecular flexibility index (Phi) is 5.28. The normalized spacial score (nSPS) is 17.8. The van der Waals surface area contributed by atoms with Crippen LogP contribution < -0.4 is 5.43 Å². The third kappa shape index (κ3) is 3.85. The third-order valence-corrected chi connectivity index (χ3v) is 7.70. The number of benzene rings is 1. The van der Waals surface area contributed by atoms with Crippen molar-refractivity contribution in [2.75, 3.05) is 0 Å². The number of hydrogen-bond acceptors (Lipinski definition) is 5. The highest BCUT2D eigenvalue weighted by molar-refractivity contribution is 5.94. The van der Waals surface area contributed by atoms with Gasteiger partial charge in [0.05, 0.1) is 18.3 Å². The van der Waals surface area contributed by atoms with Gasteiger partial charge in [0.25, 0.3) is 5.43 Å². The zero-order valence-electron chi connectivity index (χ0n) is 19.6. The molecule has 6 rings (SSSR count). The van der Waals surface area contributed by atoms with Gasteiger partial charge in [0.1, 0.15) is 5.65 Å². The van der Waals surface area contributed by atoms with E-state index in [-0.39, 0.29) is 23.4 Å². The summed E-state index contributed by atoms with van der Waals surface area (Å²) >= 11 is 0. The monoisotopic (exact) mass is 468 g/mol. The SMILES string of the molecule is O=C1CCc2ccccc2CCc2ccc3ccn(c3n2)C2(CCCC2)Cn2cc(O)c(=O)c1n2. The molecule has 1 aliphatic heterocycles. The first-order chi connectivity index (χ1) is 17.0. The molecule has 7 heteroatoms. The van der Waals surface area contributed by atoms with Crippen molar-refractivity contribution in [1.29, 1.82) is 0 Å². The van der Waals surface area contributed by atoms with E-state index < -0.39 is 11.2 Å². The topological polar surface area (TPSA) is 90.0 Å². The predicted octanol–water partition coefficient (Wildman–Crippen LogP) is 4.18. The number of carbonyl (C=O) groups excluding carboxylic acids is 1. The highest BCUT2D eigenvalue weighted by atomic mass is 16.3. The largest absolute Gasteiger partial charge is 0.503 e. The molecule has 35 heavy (non-hydrogen) atoms. The first-order valence-electron chi connectivity index (χ1n) is 12.4. The molecular weight excluding hydrogens is 440 g/mol. The number of hydrogen-bond donors (Lipinski definition) is 1. The third-order valence-electron chi connectivity index (χ3n) is 7.70. The second-order valence-corrected chi connectivity index (χ2v) is 9.91. The van der Waals surface area contributed by atoms with E-state index in [1.165, 1.54) is 11.8 Å². The van der Waals surface area contributed by atoms with Gasteiger partial charge in [-0.25, -0.2) is 4.98 Å². The summed E-state index contributed by atoms with van der Waals surface area (Å²) < 4.78 is 3.85. The number of aromatic hydroxyl groups is 1. The van der Waals surface area contributed by atoms with Gasteiger partial charge >= 0.3 is 0 Å². The molecule has 4 bridgehead atoms. The Morgan fingerprint density at radius 1 is 0.886 bits per heavy atom. The maximum atomic E-state index is 13.1. The van der Waals surface area contributed by atoms with Crippen LogP contribution >= 0.6 is 0 Å². The Balaban J connectivity index is 1.53. The van der Waals surface area contributed by atoms with Crippen molar-refractivity contribution in [3.63, 3.8) is 0 Å². The number of aryl methyl sites for hydroxylation is 3. The van der Waals surface area contributed by atoms with E-state index in [4.69, 9.17) is 4.98 Å². The average molecular weight is 469 g/mol. The number of rotatable bonds is 0. The fourth-order valence-electron chi connectivity index (χ4n) is 5.84. The number of fused-ring (bicyclic) bond motifs is 5. The number of ketones is 1. The molecule has 4 heterocycles. The zero-order chi connectivity index (χ0) is 24.0. The predicted molar refractivity (Wildman–Crippen MR) is 133 cm³/mol. The van der Waals surface area contributed by atoms with E-state index in [0.29, 0.717) is 13.0 Å². The summed E-state index contributed by atoms with van der Waals surface area (Å²) in [6, 6.07) is 14.5. The van der Waals surface area contributed by atoms with E-state index in [0.717, 1.165) is 60.8 Å². The van der Waals surface area contributed by atoms with E-state index in [2.05, 4.69) is 40.1 Å². The fourth-order valence-corrected chi connectivity index (χ4v) is 5.84. The summed E-state index contributed by atoms with van der Waals surface area (Å²) in [4.78, 5) is 30.9. The van der Waals surface area contributed by atoms with E-state index >= 15 is 0 Å². The van der Waals surface area contributed by atoms with Crippen LogP contribution in [0.15, 0.2) is 59.7 Å². The second-order valence-electron chi connectivity index (χ2n) is 9.91. The number of aromatic nitrogens is 4. The van der Waals surface area contributed by atoms with Crippen LogP contribution in [0.4, 0.5) is 0 Å². The van der Waals surface area contributed by atoms with Gasteiger partial charge in [0, 0.05) is 23.7 Å². The first kappa shape index (κ1) is 21.8. The van der Waals surface area contributed by atoms with Crippen molar-refractivity contribution in [3.05, 3.63) is 87.6 Å². The van der Waals surface area contributed by atoms with Crippen LogP contribution in [-0.4, -0.2) is 30.2 Å². The summed E-state index contributed by atoms with van der Waals surface area (Å²) in [5.74, 6) is -0.770. The molecule has 178 valence electrons. The van der Waals surface area contributed by atoms with Gasteiger partial charge in [-0.1, -0.05) is 37.1 Å². The number of pyridine rings is 1. The summed E-state index contributed by atoms with van der Waals surface area (Å²) in [6.45, 7) is 0.458. The Labute approximate surface area is 203 Å². The lowest BCUT2D eigenvalue weighted by Gasteiger charge is -2.32. The van der Waals surface area contributed by atoms with Crippen LogP contribution in [0.3, 0.4) is 0 Å². The van der Waals surface area contributed by atoms with Gasteiger partial charge in [0.2, 0.25) is 0 Å². The minimum Gasteiger partial charge on any atom is -0.503 e. The molecule has 4 aromatic rings. The molecule has 3 aromatic heterocycles. The van der Waals surface area contributed by atoms with Gasteiger partial charge in [-0.15, -0.1) is 0 Å². The van der Waals surface area contributed by atoms with Crippen molar-refractivity contribution in [3.8, 4) is 5.75 Å². The Bertz CT molecular complexity index is 1490. The van der Waals surface area contributed by atoms with Gasteiger partial charge in [0.15, 0.2) is 17.2 Å². The Hall–Kier alpha value is -3.74. The van der Waals surface area contributed by atoms with Gasteiger partial charge in [-0.2, -0.15) is 5.10 Å². The molecule has 0 amide bonds. The van der Waals surface area contributed by atoms with Crippen molar-refractivity contribution in [2.24, 2.45) is 0 Å². The van der Waals surface area contributed by atoms with E-state index in [9.17, 15) is 14.7 Å². The first-order valence-corrected chi connectivity index (χ1v) is 12.4. The van der Waals surface area contributed by atoms with Crippen LogP contribution in [0.2, 0.25) is 0 Å². The van der Waals surface area contributed by atoms with Crippen molar-refractivity contribution in [1.82, 2.24) is 19.3 Å². The lowest BCUT2D eigenvalue weighted by molar-refractivity contribution is 0.0972. The molecule has 1 fully saturated rings. The molecule has 0 unspecified atom stereocenters. The number of nitrogens with zero attached hydrogens (tertiary/aromatic N) is 4. The molecule has 2 aliphatic rings. The van der Waals surface area contributed by atoms with Crippen molar-refractivity contribution in [2.45, 2.75) is 63.5 Å². The van der Waals surface area contributed by atoms with E-state index in [1.54, 1.807) is 4.68 Å². The molecule has 1 aliphatic carbocycles. The maximum Gasteiger partial charge on any atom is 0.252 e. The van der Waals surface area contributed by atoms with E-state index in [1.807, 2.05) is 18.2 Å². The van der Waals surface area contributed by atoms with Gasteiger partial charge in [-0.05, 0) is 61.4 Å². The van der Waals surface area contributed by atoms with Crippen LogP contribution in [-0.2, 0) is 31.3 Å². The van der Waals surface area contributed by atoms with Crippen LogP contribution in [0.5, 0.6) is 5.75 Å². The number of carbonyl (C=O) groups is 1. The minimum absolute atomic E-state index is 0.166. The Morgan fingerprint density at radius 3 is 2.40 bits per heavy atom. The second kappa shape index (κ2) is 8.48. The highest BCUT2D eigenvalue weighted by Gasteiger charge is 2.38. The summed E-state index contributed by atoms with van der Waals surface area (Å²) in [5.41, 5.74) is 3.10. The molecule has 1 saturated carbocycles. The quantitative estimate of drug-likeness (QED) is 0.418. The minimum atomic E-state index is -0.696. The summed E-state index contributed by atoms with van der Waals surface area (Å²) in [6.07, 6.45) is 9.82. The summed E-state index contributed by atoms with van der Waals surface area (Å²) in [5, 5.41) is 16.0. The van der Waals surface area contributed by atoms with Crippen LogP contribution in [0.1, 0.15) is 59.4 Å². The standard InChI is InChI=1S/C28H28N4O3/c33-23-12-9-20-6-2-1-5-19(20)7-10-22-11-8-21-13-16-32(27(21)29-22)28(14-3-4-15-28)18-31-17-24(34)26(35)25(23)30-31/h1-2,5-6,8,11,13,16-17,34H,3-4,7,9-10,12,14-15,18H2. The number of Topliss-reactive ketones (excluding diaryl/α,β-unsaturated/α-hetero) is 1. The van der Waals surface area contributed by atoms with Crippen LogP contribution in [0, 0.1) is 0 Å². The molecule has 7 nitrogen and oxygen atoms in total. The highest BCUT2D eigenvalue weighted by Crippen LogP contribution is 2.40. The molecule has 0 atom stereocenters. The van der Waals surface area contributed by atoms with Gasteiger partial charge in [-0.3, -0.25) is 14.3 Å². The fraction of sp³-hybridized carbons (Fsp3) is 0.357. The average Bonchev–Trinajstić information content (AvgIpc) is 3.51. The summed E-state index contributed by atoms with van der Waals surface area (Å²) in [7, 11) is 0. The molecular formula is C28H28N4O3. The van der Waals surface area contributed by atoms with Crippen molar-refractivity contribution >= 4 is 16.8 Å². The molecule has 1 aromatic carbocycles. The molecule has 0 saturated heterocycles. The lowest BCUT2D eigenvalue weighted by atomic mass is 9.96. The molecule has 0 radical (unpaired) electrons. The molecule has 1 N–H and O–H groups in total. The maximum absolute atomic E-state index is 13.1. The smallest absolute Gasteiger partial charge is 0.252 e.